The van der Waals surface area contributed by atoms with Crippen LogP contribution in [0, 0.1) is 11.3 Å². The molecular formula is C15H18O4. The predicted octanol–water partition coefficient (Wildman–Crippen LogP) is 2.72. The van der Waals surface area contributed by atoms with E-state index in [0.29, 0.717) is 5.92 Å². The van der Waals surface area contributed by atoms with Crippen molar-refractivity contribution < 1.29 is 19.4 Å². The van der Waals surface area contributed by atoms with E-state index in [1.807, 2.05) is 6.92 Å². The monoisotopic (exact) mass is 262 g/mol. The first-order valence-electron chi connectivity index (χ1n) is 6.60. The van der Waals surface area contributed by atoms with E-state index in [1.54, 1.807) is 6.26 Å². The first-order chi connectivity index (χ1) is 8.95. The molecule has 0 amide bonds. The van der Waals surface area contributed by atoms with Crippen molar-refractivity contribution in [2.75, 3.05) is 6.61 Å². The molecule has 1 aromatic rings. The minimum atomic E-state index is -1.01. The number of furan rings is 1. The molecular weight excluding hydrogens is 244 g/mol. The molecule has 102 valence electrons. The summed E-state index contributed by atoms with van der Waals surface area (Å²) in [5.41, 5.74) is 4.03. The van der Waals surface area contributed by atoms with Gasteiger partial charge in [-0.05, 0) is 48.7 Å². The normalized spacial score (nSPS) is 29.3. The summed E-state index contributed by atoms with van der Waals surface area (Å²) in [6.07, 6.45) is 4.22. The lowest BCUT2D eigenvalue weighted by atomic mass is 9.82. The molecule has 0 aromatic carbocycles. The Morgan fingerprint density at radius 3 is 2.95 bits per heavy atom. The van der Waals surface area contributed by atoms with Gasteiger partial charge in [0.1, 0.15) is 0 Å². The highest BCUT2D eigenvalue weighted by Gasteiger charge is 2.42. The fourth-order valence-corrected chi connectivity index (χ4v) is 3.69. The van der Waals surface area contributed by atoms with Gasteiger partial charge in [-0.25, -0.2) is 4.79 Å². The smallest absolute Gasteiger partial charge is 0.372 e. The molecule has 1 heterocycles. The Labute approximate surface area is 111 Å². The minimum Gasteiger partial charge on any atom is -0.475 e. The molecule has 0 spiro atoms. The maximum absolute atomic E-state index is 11.2. The largest absolute Gasteiger partial charge is 0.475 e. The number of aliphatic hydroxyl groups is 1. The summed E-state index contributed by atoms with van der Waals surface area (Å²) in [7, 11) is 0. The molecule has 4 nitrogen and oxygen atoms in total. The van der Waals surface area contributed by atoms with Crippen molar-refractivity contribution in [1.82, 2.24) is 0 Å². The zero-order valence-corrected chi connectivity index (χ0v) is 11.2. The van der Waals surface area contributed by atoms with E-state index in [1.165, 1.54) is 5.57 Å². The highest BCUT2D eigenvalue weighted by Crippen LogP contribution is 2.52. The maximum atomic E-state index is 11.2. The Morgan fingerprint density at radius 1 is 1.58 bits per heavy atom. The van der Waals surface area contributed by atoms with E-state index in [-0.39, 0.29) is 17.8 Å². The van der Waals surface area contributed by atoms with Gasteiger partial charge in [0.2, 0.25) is 5.76 Å². The molecule has 0 bridgehead atoms. The van der Waals surface area contributed by atoms with Crippen LogP contribution < -0.4 is 0 Å². The Morgan fingerprint density at radius 2 is 2.32 bits per heavy atom. The van der Waals surface area contributed by atoms with Gasteiger partial charge in [0, 0.05) is 12.2 Å². The van der Waals surface area contributed by atoms with E-state index in [0.717, 1.165) is 36.0 Å². The lowest BCUT2D eigenvalue weighted by molar-refractivity contribution is 0.0662. The number of allylic oxidation sites excluding steroid dienone is 2. The number of aromatic carboxylic acids is 1. The molecule has 2 aliphatic carbocycles. The second-order valence-corrected chi connectivity index (χ2v) is 6.17. The van der Waals surface area contributed by atoms with Crippen LogP contribution in [0.1, 0.15) is 48.4 Å². The molecule has 1 saturated carbocycles. The third-order valence-corrected chi connectivity index (χ3v) is 4.62. The van der Waals surface area contributed by atoms with Gasteiger partial charge in [-0.1, -0.05) is 12.5 Å². The number of hydrogen-bond donors (Lipinski definition) is 2. The number of aliphatic hydroxyl groups excluding tert-OH is 1. The molecule has 1 fully saturated rings. The molecule has 2 N–H and O–H groups in total. The minimum absolute atomic E-state index is 0.0519. The lowest BCUT2D eigenvalue weighted by Crippen LogP contribution is -2.17. The quantitative estimate of drug-likeness (QED) is 0.859. The second kappa shape index (κ2) is 3.97. The van der Waals surface area contributed by atoms with Crippen LogP contribution in [0.3, 0.4) is 0 Å². The van der Waals surface area contributed by atoms with Crippen LogP contribution in [0.2, 0.25) is 0 Å². The second-order valence-electron chi connectivity index (χ2n) is 6.17. The van der Waals surface area contributed by atoms with Crippen molar-refractivity contribution in [3.05, 3.63) is 28.7 Å². The number of hydrogen-bond acceptors (Lipinski definition) is 3. The van der Waals surface area contributed by atoms with Gasteiger partial charge in [0.25, 0.3) is 0 Å². The van der Waals surface area contributed by atoms with Crippen molar-refractivity contribution in [2.24, 2.45) is 11.3 Å². The Hall–Kier alpha value is -1.55. The van der Waals surface area contributed by atoms with Gasteiger partial charge in [-0.2, -0.15) is 0 Å². The van der Waals surface area contributed by atoms with E-state index in [2.05, 4.69) is 6.92 Å². The summed E-state index contributed by atoms with van der Waals surface area (Å²) in [6.45, 7) is 4.25. The van der Waals surface area contributed by atoms with Gasteiger partial charge in [0.15, 0.2) is 0 Å². The maximum Gasteiger partial charge on any atom is 0.372 e. The summed E-state index contributed by atoms with van der Waals surface area (Å²) in [5.74, 6) is -0.539. The van der Waals surface area contributed by atoms with E-state index in [9.17, 15) is 15.0 Å². The van der Waals surface area contributed by atoms with Crippen molar-refractivity contribution >= 4 is 11.5 Å². The van der Waals surface area contributed by atoms with Crippen molar-refractivity contribution in [1.29, 1.82) is 0 Å². The molecule has 2 atom stereocenters. The molecule has 3 rings (SSSR count). The fraction of sp³-hybridized carbons (Fsp3) is 0.533. The van der Waals surface area contributed by atoms with E-state index in [4.69, 9.17) is 4.42 Å². The summed E-state index contributed by atoms with van der Waals surface area (Å²) in [5, 5.41) is 18.7. The topological polar surface area (TPSA) is 70.7 Å². The predicted molar refractivity (Wildman–Crippen MR) is 69.9 cm³/mol. The van der Waals surface area contributed by atoms with Gasteiger partial charge in [0.05, 0.1) is 6.26 Å². The molecule has 4 heteroatoms. The average molecular weight is 262 g/mol. The van der Waals surface area contributed by atoms with Crippen LogP contribution in [0.25, 0.3) is 5.57 Å². The molecule has 2 aliphatic rings. The summed E-state index contributed by atoms with van der Waals surface area (Å²) in [6, 6.07) is 0. The van der Waals surface area contributed by atoms with Crippen LogP contribution in [0.15, 0.2) is 16.3 Å². The van der Waals surface area contributed by atoms with Crippen LogP contribution in [0.4, 0.5) is 0 Å². The third-order valence-electron chi connectivity index (χ3n) is 4.62. The zero-order valence-electron chi connectivity index (χ0n) is 11.2. The number of carbonyl (C=O) groups is 1. The average Bonchev–Trinajstić information content (AvgIpc) is 2.91. The molecule has 0 saturated heterocycles. The number of carboxylic acid groups (broad SMARTS) is 1. The summed E-state index contributed by atoms with van der Waals surface area (Å²) in [4.78, 5) is 11.2. The Balaban J connectivity index is 2.09. The van der Waals surface area contributed by atoms with Crippen molar-refractivity contribution in [3.63, 3.8) is 0 Å². The molecule has 1 aromatic heterocycles. The fourth-order valence-electron chi connectivity index (χ4n) is 3.69. The number of carboxylic acids is 1. The van der Waals surface area contributed by atoms with E-state index < -0.39 is 5.97 Å². The molecule has 2 unspecified atom stereocenters. The number of rotatable bonds is 2. The van der Waals surface area contributed by atoms with Gasteiger partial charge in [-0.3, -0.25) is 0 Å². The third kappa shape index (κ3) is 1.74. The van der Waals surface area contributed by atoms with Crippen LogP contribution in [-0.4, -0.2) is 22.8 Å². The first kappa shape index (κ1) is 12.5. The molecule has 0 radical (unpaired) electrons. The van der Waals surface area contributed by atoms with Crippen molar-refractivity contribution in [2.45, 2.75) is 33.1 Å². The zero-order chi connectivity index (χ0) is 13.8. The van der Waals surface area contributed by atoms with Crippen LogP contribution in [0.5, 0.6) is 0 Å². The van der Waals surface area contributed by atoms with E-state index >= 15 is 0 Å². The van der Waals surface area contributed by atoms with Crippen molar-refractivity contribution in [3.8, 4) is 0 Å². The standard InChI is InChI=1S/C15H18O4/c1-8-11-5-15(2,7-16)4-9(11)3-10-6-19-13(12(8)10)14(17)18/h6,9,16H,3-5,7H2,1-2H3,(H,17,18). The van der Waals surface area contributed by atoms with Crippen LogP contribution >= 0.6 is 0 Å². The summed E-state index contributed by atoms with van der Waals surface area (Å²) < 4.78 is 5.21. The SMILES string of the molecule is CC1=C2CC(C)(CO)CC2Cc2coc(C(=O)O)c21. The highest BCUT2D eigenvalue weighted by atomic mass is 16.4. The van der Waals surface area contributed by atoms with Gasteiger partial charge < -0.3 is 14.6 Å². The molecule has 0 aliphatic heterocycles. The van der Waals surface area contributed by atoms with Gasteiger partial charge in [-0.15, -0.1) is 0 Å². The van der Waals surface area contributed by atoms with Crippen LogP contribution in [-0.2, 0) is 6.42 Å². The first-order valence-corrected chi connectivity index (χ1v) is 6.60. The Kier molecular flexibility index (Phi) is 2.61. The van der Waals surface area contributed by atoms with Gasteiger partial charge >= 0.3 is 5.97 Å². The Bertz CT molecular complexity index is 581. The summed E-state index contributed by atoms with van der Waals surface area (Å²) >= 11 is 0. The lowest BCUT2D eigenvalue weighted by Gasteiger charge is -2.21. The highest BCUT2D eigenvalue weighted by molar-refractivity contribution is 5.93. The number of fused-ring (bicyclic) bond motifs is 2. The molecule has 19 heavy (non-hydrogen) atoms.